The summed E-state index contributed by atoms with van der Waals surface area (Å²) in [5, 5.41) is 0. The Hall–Kier alpha value is -2.18. The molecule has 0 heterocycles. The molecule has 2 aromatic carbocycles. The lowest BCUT2D eigenvalue weighted by Crippen LogP contribution is -2.13. The largest absolute Gasteiger partial charge is 0.489 e. The van der Waals surface area contributed by atoms with Crippen LogP contribution in [0.3, 0.4) is 0 Å². The van der Waals surface area contributed by atoms with Gasteiger partial charge in [-0.25, -0.2) is 0 Å². The molecule has 0 atom stereocenters. The molecule has 6 heteroatoms. The minimum Gasteiger partial charge on any atom is -0.489 e. The van der Waals surface area contributed by atoms with Crippen LogP contribution in [0.2, 0.25) is 0 Å². The second kappa shape index (κ2) is 7.20. The Morgan fingerprint density at radius 2 is 1.64 bits per heavy atom. The van der Waals surface area contributed by atoms with Gasteiger partial charge in [-0.2, -0.15) is 8.42 Å². The highest BCUT2D eigenvalue weighted by molar-refractivity contribution is 7.86. The van der Waals surface area contributed by atoms with Gasteiger partial charge in [0.1, 0.15) is 19.0 Å². The zero-order valence-electron chi connectivity index (χ0n) is 12.1. The van der Waals surface area contributed by atoms with Crippen molar-refractivity contribution in [1.82, 2.24) is 0 Å². The van der Waals surface area contributed by atoms with Gasteiger partial charge < -0.3 is 4.74 Å². The number of hydrogen-bond donors (Lipinski definition) is 0. The minimum absolute atomic E-state index is 0.371. The summed E-state index contributed by atoms with van der Waals surface area (Å²) in [6.07, 6.45) is 0.904. The van der Waals surface area contributed by atoms with Crippen molar-refractivity contribution in [1.29, 1.82) is 0 Å². The number of carbonyl (C=O) groups excluding carboxylic acids is 1. The highest BCUT2D eigenvalue weighted by Gasteiger charge is 2.10. The molecule has 0 unspecified atom stereocenters. The SMILES string of the molecule is CS(=O)(=O)OCC(=O)c1ccc(OCc2ccccc2)cc1. The predicted molar refractivity (Wildman–Crippen MR) is 82.3 cm³/mol. The van der Waals surface area contributed by atoms with E-state index in [1.165, 1.54) is 0 Å². The predicted octanol–water partition coefficient (Wildman–Crippen LogP) is 2.42. The van der Waals surface area contributed by atoms with Crippen molar-refractivity contribution < 1.29 is 22.1 Å². The number of ether oxygens (including phenoxy) is 1. The van der Waals surface area contributed by atoms with E-state index in [1.54, 1.807) is 24.3 Å². The average Bonchev–Trinajstić information content (AvgIpc) is 2.51. The smallest absolute Gasteiger partial charge is 0.264 e. The highest BCUT2D eigenvalue weighted by atomic mass is 32.2. The van der Waals surface area contributed by atoms with Crippen molar-refractivity contribution in [2.24, 2.45) is 0 Å². The molecule has 0 bridgehead atoms. The molecule has 0 radical (unpaired) electrons. The van der Waals surface area contributed by atoms with E-state index in [1.807, 2.05) is 30.3 Å². The maximum Gasteiger partial charge on any atom is 0.264 e. The second-order valence-electron chi connectivity index (χ2n) is 4.69. The summed E-state index contributed by atoms with van der Waals surface area (Å²) >= 11 is 0. The molecular formula is C16H16O5S. The fourth-order valence-electron chi connectivity index (χ4n) is 1.72. The zero-order valence-corrected chi connectivity index (χ0v) is 12.9. The number of benzene rings is 2. The van der Waals surface area contributed by atoms with Crippen molar-refractivity contribution in [2.45, 2.75) is 6.61 Å². The maximum absolute atomic E-state index is 11.8. The van der Waals surface area contributed by atoms with Crippen molar-refractivity contribution in [3.8, 4) is 5.75 Å². The van der Waals surface area contributed by atoms with Crippen LogP contribution < -0.4 is 4.74 Å². The summed E-state index contributed by atoms with van der Waals surface area (Å²) in [6, 6.07) is 16.2. The van der Waals surface area contributed by atoms with Crippen LogP contribution in [-0.4, -0.2) is 27.1 Å². The van der Waals surface area contributed by atoms with Gasteiger partial charge in [-0.15, -0.1) is 0 Å². The molecule has 116 valence electrons. The van der Waals surface area contributed by atoms with Gasteiger partial charge in [-0.05, 0) is 29.8 Å². The second-order valence-corrected chi connectivity index (χ2v) is 6.33. The normalized spacial score (nSPS) is 11.1. The zero-order chi connectivity index (χ0) is 16.0. The summed E-state index contributed by atoms with van der Waals surface area (Å²) in [5.41, 5.74) is 1.42. The third-order valence-corrected chi connectivity index (χ3v) is 3.37. The molecule has 0 aliphatic rings. The number of hydrogen-bond acceptors (Lipinski definition) is 5. The van der Waals surface area contributed by atoms with Gasteiger partial charge in [0.15, 0.2) is 5.78 Å². The Morgan fingerprint density at radius 1 is 1.00 bits per heavy atom. The van der Waals surface area contributed by atoms with Crippen molar-refractivity contribution >= 4 is 15.9 Å². The summed E-state index contributed by atoms with van der Waals surface area (Å²) < 4.78 is 31.8. The standard InChI is InChI=1S/C16H16O5S/c1-22(18,19)21-12-16(17)14-7-9-15(10-8-14)20-11-13-5-3-2-4-6-13/h2-10H,11-12H2,1H3. The Bertz CT molecular complexity index is 721. The molecule has 0 fully saturated rings. The summed E-state index contributed by atoms with van der Waals surface area (Å²) in [5.74, 6) is 0.226. The van der Waals surface area contributed by atoms with Crippen molar-refractivity contribution in [3.63, 3.8) is 0 Å². The molecule has 22 heavy (non-hydrogen) atoms. The van der Waals surface area contributed by atoms with E-state index in [9.17, 15) is 13.2 Å². The first-order valence-electron chi connectivity index (χ1n) is 6.58. The molecule has 0 saturated heterocycles. The van der Waals surface area contributed by atoms with E-state index in [0.717, 1.165) is 11.8 Å². The van der Waals surface area contributed by atoms with Crippen LogP contribution in [0.5, 0.6) is 5.75 Å². The van der Waals surface area contributed by atoms with E-state index in [0.29, 0.717) is 17.9 Å². The molecule has 0 aliphatic heterocycles. The molecule has 2 aromatic rings. The summed E-state index contributed by atoms with van der Waals surface area (Å²) in [4.78, 5) is 11.8. The Labute approximate surface area is 129 Å². The van der Waals surface area contributed by atoms with Crippen molar-refractivity contribution in [3.05, 3.63) is 65.7 Å². The lowest BCUT2D eigenvalue weighted by atomic mass is 10.1. The van der Waals surface area contributed by atoms with E-state index < -0.39 is 22.5 Å². The van der Waals surface area contributed by atoms with Gasteiger partial charge in [0.2, 0.25) is 0 Å². The lowest BCUT2D eigenvalue weighted by molar-refractivity contribution is 0.0925. The molecule has 0 N–H and O–H groups in total. The Balaban J connectivity index is 1.91. The summed E-state index contributed by atoms with van der Waals surface area (Å²) in [7, 11) is -3.62. The first-order chi connectivity index (χ1) is 10.4. The lowest BCUT2D eigenvalue weighted by Gasteiger charge is -2.07. The van der Waals surface area contributed by atoms with E-state index in [2.05, 4.69) is 4.18 Å². The van der Waals surface area contributed by atoms with Crippen LogP contribution in [0.4, 0.5) is 0 Å². The molecule has 0 aromatic heterocycles. The number of Topliss-reactive ketones (excluding diaryl/α,β-unsaturated/α-hetero) is 1. The maximum atomic E-state index is 11.8. The topological polar surface area (TPSA) is 69.7 Å². The van der Waals surface area contributed by atoms with Crippen LogP contribution in [0.1, 0.15) is 15.9 Å². The number of ketones is 1. The van der Waals surface area contributed by atoms with Gasteiger partial charge >= 0.3 is 0 Å². The molecule has 0 saturated carbocycles. The van der Waals surface area contributed by atoms with Gasteiger partial charge in [-0.1, -0.05) is 30.3 Å². The fraction of sp³-hybridized carbons (Fsp3) is 0.188. The van der Waals surface area contributed by atoms with Crippen LogP contribution in [0.15, 0.2) is 54.6 Å². The van der Waals surface area contributed by atoms with Gasteiger partial charge in [0, 0.05) is 5.56 Å². The van der Waals surface area contributed by atoms with E-state index >= 15 is 0 Å². The Morgan fingerprint density at radius 3 is 2.23 bits per heavy atom. The molecule has 5 nitrogen and oxygen atoms in total. The monoisotopic (exact) mass is 320 g/mol. The van der Waals surface area contributed by atoms with Gasteiger partial charge in [0.25, 0.3) is 10.1 Å². The first kappa shape index (κ1) is 16.2. The van der Waals surface area contributed by atoms with Crippen molar-refractivity contribution in [2.75, 3.05) is 12.9 Å². The van der Waals surface area contributed by atoms with Gasteiger partial charge in [-0.3, -0.25) is 8.98 Å². The third kappa shape index (κ3) is 5.31. The molecule has 0 amide bonds. The fourth-order valence-corrected chi connectivity index (χ4v) is 2.04. The summed E-state index contributed by atoms with van der Waals surface area (Å²) in [6.45, 7) is -0.0611. The van der Waals surface area contributed by atoms with E-state index in [-0.39, 0.29) is 0 Å². The first-order valence-corrected chi connectivity index (χ1v) is 8.40. The number of rotatable bonds is 7. The quantitative estimate of drug-likeness (QED) is 0.579. The third-order valence-electron chi connectivity index (χ3n) is 2.83. The van der Waals surface area contributed by atoms with E-state index in [4.69, 9.17) is 4.74 Å². The average molecular weight is 320 g/mol. The molecule has 2 rings (SSSR count). The number of carbonyl (C=O) groups is 1. The van der Waals surface area contributed by atoms with Gasteiger partial charge in [0.05, 0.1) is 6.26 Å². The highest BCUT2D eigenvalue weighted by Crippen LogP contribution is 2.15. The Kier molecular flexibility index (Phi) is 5.30. The van der Waals surface area contributed by atoms with Crippen LogP contribution in [0.25, 0.3) is 0 Å². The van der Waals surface area contributed by atoms with Crippen LogP contribution in [-0.2, 0) is 20.9 Å². The van der Waals surface area contributed by atoms with Crippen LogP contribution >= 0.6 is 0 Å². The van der Waals surface area contributed by atoms with Crippen LogP contribution in [0, 0.1) is 0 Å². The minimum atomic E-state index is -3.62. The molecule has 0 spiro atoms. The molecular weight excluding hydrogens is 304 g/mol. The molecule has 0 aliphatic carbocycles.